The number of nitrogens with zero attached hydrogens (tertiary/aromatic N) is 1. The van der Waals surface area contributed by atoms with Gasteiger partial charge in [0.05, 0.1) is 0 Å². The molecular formula is C10H15NO. The van der Waals surface area contributed by atoms with E-state index in [1.54, 1.807) is 6.92 Å². The van der Waals surface area contributed by atoms with Crippen molar-refractivity contribution in [1.29, 1.82) is 0 Å². The van der Waals surface area contributed by atoms with E-state index < -0.39 is 0 Å². The average molecular weight is 165 g/mol. The molecule has 1 aliphatic rings. The predicted molar refractivity (Wildman–Crippen MR) is 48.5 cm³/mol. The maximum absolute atomic E-state index is 11.4. The van der Waals surface area contributed by atoms with Crippen molar-refractivity contribution >= 4 is 5.91 Å². The lowest BCUT2D eigenvalue weighted by molar-refractivity contribution is -0.125. The molecule has 0 saturated carbocycles. The second-order valence-electron chi connectivity index (χ2n) is 3.08. The van der Waals surface area contributed by atoms with Crippen LogP contribution in [0, 0.1) is 11.8 Å². The van der Waals surface area contributed by atoms with E-state index in [0.29, 0.717) is 6.04 Å². The zero-order chi connectivity index (χ0) is 8.97. The van der Waals surface area contributed by atoms with Gasteiger partial charge in [0.2, 0.25) is 0 Å². The van der Waals surface area contributed by atoms with Gasteiger partial charge in [-0.25, -0.2) is 0 Å². The van der Waals surface area contributed by atoms with Gasteiger partial charge in [-0.3, -0.25) is 4.79 Å². The highest BCUT2D eigenvalue weighted by molar-refractivity contribution is 5.93. The average Bonchev–Trinajstić information content (AvgIpc) is 2.51. The zero-order valence-electron chi connectivity index (χ0n) is 7.76. The van der Waals surface area contributed by atoms with Crippen LogP contribution in [0.4, 0.5) is 0 Å². The largest absolute Gasteiger partial charge is 0.329 e. The summed E-state index contributed by atoms with van der Waals surface area (Å²) in [6, 6.07) is 0.443. The third-order valence-electron chi connectivity index (χ3n) is 2.34. The van der Waals surface area contributed by atoms with Gasteiger partial charge in [0.1, 0.15) is 0 Å². The van der Waals surface area contributed by atoms with Crippen molar-refractivity contribution in [3.05, 3.63) is 0 Å². The first kappa shape index (κ1) is 9.12. The van der Waals surface area contributed by atoms with Crippen LogP contribution in [0.2, 0.25) is 0 Å². The van der Waals surface area contributed by atoms with Gasteiger partial charge in [0.15, 0.2) is 0 Å². The monoisotopic (exact) mass is 165 g/mol. The lowest BCUT2D eigenvalue weighted by atomic mass is 10.2. The zero-order valence-corrected chi connectivity index (χ0v) is 7.76. The topological polar surface area (TPSA) is 20.3 Å². The van der Waals surface area contributed by atoms with Crippen molar-refractivity contribution in [2.75, 3.05) is 6.54 Å². The molecule has 1 fully saturated rings. The van der Waals surface area contributed by atoms with Crippen LogP contribution in [0.5, 0.6) is 0 Å². The van der Waals surface area contributed by atoms with Crippen LogP contribution >= 0.6 is 0 Å². The molecule has 66 valence electrons. The van der Waals surface area contributed by atoms with Gasteiger partial charge in [0.25, 0.3) is 5.91 Å². The molecule has 2 heteroatoms. The lowest BCUT2D eigenvalue weighted by Gasteiger charge is -2.20. The Bertz CT molecular complexity index is 224. The maximum Gasteiger partial charge on any atom is 0.298 e. The summed E-state index contributed by atoms with van der Waals surface area (Å²) in [5, 5.41) is 0. The van der Waals surface area contributed by atoms with Crippen molar-refractivity contribution < 1.29 is 4.79 Å². The number of likely N-dealkylation sites (tertiary alicyclic amines) is 1. The molecule has 1 amide bonds. The molecular weight excluding hydrogens is 150 g/mol. The number of carbonyl (C=O) groups is 1. The minimum absolute atomic E-state index is 0.00171. The van der Waals surface area contributed by atoms with Crippen LogP contribution in [0.1, 0.15) is 33.1 Å². The van der Waals surface area contributed by atoms with Gasteiger partial charge in [-0.05, 0) is 32.1 Å². The second-order valence-corrected chi connectivity index (χ2v) is 3.08. The molecule has 0 aromatic carbocycles. The summed E-state index contributed by atoms with van der Waals surface area (Å²) in [4.78, 5) is 13.3. The molecule has 0 bridgehead atoms. The van der Waals surface area contributed by atoms with Crippen LogP contribution in [0.25, 0.3) is 0 Å². The van der Waals surface area contributed by atoms with Crippen molar-refractivity contribution in [1.82, 2.24) is 4.90 Å². The molecule has 12 heavy (non-hydrogen) atoms. The SMILES string of the molecule is CC#CC(=O)N1CCCC1CC. The molecule has 0 spiro atoms. The highest BCUT2D eigenvalue weighted by Gasteiger charge is 2.25. The molecule has 1 unspecified atom stereocenters. The van der Waals surface area contributed by atoms with Gasteiger partial charge in [-0.1, -0.05) is 12.8 Å². The van der Waals surface area contributed by atoms with E-state index in [-0.39, 0.29) is 5.91 Å². The van der Waals surface area contributed by atoms with E-state index in [0.717, 1.165) is 25.8 Å². The lowest BCUT2D eigenvalue weighted by Crippen LogP contribution is -2.33. The number of hydrogen-bond acceptors (Lipinski definition) is 1. The first-order valence-corrected chi connectivity index (χ1v) is 4.53. The summed E-state index contributed by atoms with van der Waals surface area (Å²) in [7, 11) is 0. The Morgan fingerprint density at radius 1 is 1.67 bits per heavy atom. The fraction of sp³-hybridized carbons (Fsp3) is 0.700. The van der Waals surface area contributed by atoms with Gasteiger partial charge in [-0.2, -0.15) is 0 Å². The highest BCUT2D eigenvalue weighted by Crippen LogP contribution is 2.19. The standard InChI is InChI=1S/C10H15NO/c1-3-6-10(12)11-8-5-7-9(11)4-2/h9H,4-5,7-8H2,1-2H3. The third-order valence-corrected chi connectivity index (χ3v) is 2.34. The Hall–Kier alpha value is -0.970. The van der Waals surface area contributed by atoms with Crippen molar-refractivity contribution in [2.24, 2.45) is 0 Å². The molecule has 0 N–H and O–H groups in total. The van der Waals surface area contributed by atoms with E-state index in [1.165, 1.54) is 0 Å². The number of amides is 1. The van der Waals surface area contributed by atoms with E-state index >= 15 is 0 Å². The molecule has 1 atom stereocenters. The van der Waals surface area contributed by atoms with Crippen LogP contribution in [-0.2, 0) is 4.79 Å². The first-order chi connectivity index (χ1) is 5.79. The minimum Gasteiger partial charge on any atom is -0.329 e. The summed E-state index contributed by atoms with van der Waals surface area (Å²) in [6.07, 6.45) is 3.33. The van der Waals surface area contributed by atoms with Gasteiger partial charge in [-0.15, -0.1) is 0 Å². The van der Waals surface area contributed by atoms with E-state index in [9.17, 15) is 4.79 Å². The fourth-order valence-corrected chi connectivity index (χ4v) is 1.71. The Morgan fingerprint density at radius 3 is 3.00 bits per heavy atom. The second kappa shape index (κ2) is 4.15. The highest BCUT2D eigenvalue weighted by atomic mass is 16.2. The molecule has 1 aliphatic heterocycles. The van der Waals surface area contributed by atoms with Crippen LogP contribution in [0.3, 0.4) is 0 Å². The molecule has 1 heterocycles. The van der Waals surface area contributed by atoms with Gasteiger partial charge >= 0.3 is 0 Å². The number of hydrogen-bond donors (Lipinski definition) is 0. The normalized spacial score (nSPS) is 21.8. The van der Waals surface area contributed by atoms with Gasteiger partial charge < -0.3 is 4.90 Å². The fourth-order valence-electron chi connectivity index (χ4n) is 1.71. The maximum atomic E-state index is 11.4. The molecule has 0 aliphatic carbocycles. The molecule has 1 saturated heterocycles. The Kier molecular flexibility index (Phi) is 3.16. The predicted octanol–water partition coefficient (Wildman–Crippen LogP) is 1.41. The van der Waals surface area contributed by atoms with Crippen molar-refractivity contribution in [3.63, 3.8) is 0 Å². The van der Waals surface area contributed by atoms with Crippen molar-refractivity contribution in [3.8, 4) is 11.8 Å². The molecule has 0 aromatic rings. The summed E-state index contributed by atoms with van der Waals surface area (Å²) in [6.45, 7) is 4.72. The minimum atomic E-state index is 0.00171. The van der Waals surface area contributed by atoms with Crippen molar-refractivity contribution in [2.45, 2.75) is 39.2 Å². The van der Waals surface area contributed by atoms with E-state index in [2.05, 4.69) is 18.8 Å². The smallest absolute Gasteiger partial charge is 0.298 e. The summed E-state index contributed by atoms with van der Waals surface area (Å²) in [5.41, 5.74) is 0. The Balaban J connectivity index is 2.59. The summed E-state index contributed by atoms with van der Waals surface area (Å²) < 4.78 is 0. The number of carbonyl (C=O) groups excluding carboxylic acids is 1. The van der Waals surface area contributed by atoms with Crippen LogP contribution < -0.4 is 0 Å². The van der Waals surface area contributed by atoms with E-state index in [4.69, 9.17) is 0 Å². The quantitative estimate of drug-likeness (QED) is 0.538. The third kappa shape index (κ3) is 1.79. The Morgan fingerprint density at radius 2 is 2.42 bits per heavy atom. The van der Waals surface area contributed by atoms with Crippen LogP contribution in [0.15, 0.2) is 0 Å². The Labute approximate surface area is 73.9 Å². The molecule has 0 aromatic heterocycles. The van der Waals surface area contributed by atoms with E-state index in [1.807, 2.05) is 4.90 Å². The summed E-state index contributed by atoms with van der Waals surface area (Å²) >= 11 is 0. The molecule has 2 nitrogen and oxygen atoms in total. The van der Waals surface area contributed by atoms with Gasteiger partial charge in [0, 0.05) is 12.6 Å². The first-order valence-electron chi connectivity index (χ1n) is 4.53. The number of rotatable bonds is 1. The molecule has 0 radical (unpaired) electrons. The van der Waals surface area contributed by atoms with Crippen LogP contribution in [-0.4, -0.2) is 23.4 Å². The molecule has 1 rings (SSSR count). The summed E-state index contributed by atoms with van der Waals surface area (Å²) in [5.74, 6) is 5.24.